The number of esters is 3. The van der Waals surface area contributed by atoms with Crippen molar-refractivity contribution in [2.45, 2.75) is 253 Å². The number of methoxy groups -OCH3 is 3. The Bertz CT molecular complexity index is 1730. The second-order valence-electron chi connectivity index (χ2n) is 24.2. The number of alkyl halides is 1. The maximum Gasteiger partial charge on any atom is 1.00 e. The number of hydrogen-bond acceptors (Lipinski definition) is 16. The topological polar surface area (TPSA) is 221 Å². The Balaban J connectivity index is -0.000000957. The van der Waals surface area contributed by atoms with E-state index in [4.69, 9.17) is 24.8 Å². The molecule has 0 aromatic heterocycles. The average molecular weight is 1390 g/mol. The Morgan fingerprint density at radius 2 is 0.849 bits per heavy atom. The monoisotopic (exact) mass is 1390 g/mol. The number of ether oxygens (including phenoxy) is 3. The maximum atomic E-state index is 11.5. The molecule has 0 saturated heterocycles. The van der Waals surface area contributed by atoms with E-state index in [1.807, 2.05) is 11.8 Å². The molecule has 8 aliphatic carbocycles. The van der Waals surface area contributed by atoms with Gasteiger partial charge in [-0.2, -0.15) is 12.6 Å². The Hall–Kier alpha value is 0.957. The van der Waals surface area contributed by atoms with E-state index < -0.39 is 17.9 Å². The Kier molecular flexibility index (Phi) is 58.3. The fourth-order valence-electron chi connectivity index (χ4n) is 11.6. The minimum atomic E-state index is -0.881. The van der Waals surface area contributed by atoms with Gasteiger partial charge in [0, 0.05) is 5.33 Å². The Morgan fingerprint density at radius 3 is 1.13 bits per heavy atom. The van der Waals surface area contributed by atoms with Gasteiger partial charge in [0.25, 0.3) is 0 Å². The van der Waals surface area contributed by atoms with Crippen LogP contribution in [0.4, 0.5) is 0 Å². The van der Waals surface area contributed by atoms with Gasteiger partial charge in [0.05, 0.1) is 38.6 Å². The van der Waals surface area contributed by atoms with Gasteiger partial charge in [-0.1, -0.05) is 158 Å². The predicted molar refractivity (Wildman–Crippen MR) is 364 cm³/mol. The van der Waals surface area contributed by atoms with Crippen LogP contribution in [0, 0.1) is 35.5 Å². The largest absolute Gasteiger partial charge is 1.00 e. The summed E-state index contributed by atoms with van der Waals surface area (Å²) in [6.45, 7) is 2.32. The van der Waals surface area contributed by atoms with Crippen LogP contribution in [-0.2, 0) is 43.0 Å². The molecule has 0 aliphatic heterocycles. The van der Waals surface area contributed by atoms with E-state index in [0.29, 0.717) is 5.75 Å². The smallest absolute Gasteiger partial charge is 1.00 e. The number of thiol groups is 1. The summed E-state index contributed by atoms with van der Waals surface area (Å²) in [7, 11) is 4.43. The molecule has 0 amide bonds. The second kappa shape index (κ2) is 56.3. The fourth-order valence-corrected chi connectivity index (χ4v) is 18.6. The van der Waals surface area contributed by atoms with E-state index in [1.54, 1.807) is 47.0 Å². The summed E-state index contributed by atoms with van der Waals surface area (Å²) in [5.74, 6) is 9.14. The normalized spacial score (nSPS) is 20.3. The summed E-state index contributed by atoms with van der Waals surface area (Å²) >= 11 is 15.4. The van der Waals surface area contributed by atoms with Crippen molar-refractivity contribution in [3.63, 3.8) is 0 Å². The number of carbonyl (C=O) groups excluding carboxylic acids is 3. The third-order valence-electron chi connectivity index (χ3n) is 17.4. The molecule has 8 fully saturated rings. The minimum Gasteiger partial charge on any atom is -1.00 e. The molecular weight excluding hydrogens is 1280 g/mol. The summed E-state index contributed by atoms with van der Waals surface area (Å²) in [6, 6.07) is 0. The number of carboxylic acids is 3. The fraction of sp³-hybridized carbons (Fsp3) is 0.906. The van der Waals surface area contributed by atoms with Crippen LogP contribution in [0.25, 0.3) is 0 Å². The molecule has 0 spiro atoms. The van der Waals surface area contributed by atoms with E-state index in [0.717, 1.165) is 102 Å². The van der Waals surface area contributed by atoms with E-state index in [1.165, 1.54) is 220 Å². The van der Waals surface area contributed by atoms with Gasteiger partial charge >= 0.3 is 84.2 Å². The zero-order valence-corrected chi connectivity index (χ0v) is 62.8. The molecule has 0 bridgehead atoms. The van der Waals surface area contributed by atoms with Crippen LogP contribution >= 0.6 is 87.4 Å². The van der Waals surface area contributed by atoms with Gasteiger partial charge < -0.3 is 36.4 Å². The molecule has 13 nitrogen and oxygen atoms in total. The maximum absolute atomic E-state index is 11.5. The molecule has 86 heavy (non-hydrogen) atoms. The Labute approximate surface area is 592 Å². The van der Waals surface area contributed by atoms with Crippen LogP contribution in [0.1, 0.15) is 239 Å². The zero-order valence-electron chi connectivity index (χ0n) is 55.2. The van der Waals surface area contributed by atoms with Crippen LogP contribution in [0.3, 0.4) is 0 Å². The van der Waals surface area contributed by atoms with E-state index in [2.05, 4.69) is 40.2 Å². The average Bonchev–Trinajstić information content (AvgIpc) is 1.89. The summed E-state index contributed by atoms with van der Waals surface area (Å²) in [5.41, 5.74) is 0. The van der Waals surface area contributed by atoms with Crippen molar-refractivity contribution >= 4 is 123 Å². The quantitative estimate of drug-likeness (QED) is 0.0232. The zero-order chi connectivity index (χ0) is 61.0. The second-order valence-corrected chi connectivity index (χ2v) is 31.4. The molecule has 0 radical (unpaired) electrons. The van der Waals surface area contributed by atoms with Crippen LogP contribution in [-0.4, -0.2) is 144 Å². The number of aliphatic carboxylic acids is 3. The van der Waals surface area contributed by atoms with E-state index >= 15 is 0 Å². The third-order valence-corrected chi connectivity index (χ3v) is 25.4. The molecular formula is C64H115BrLiNaO13S6. The van der Waals surface area contributed by atoms with Crippen molar-refractivity contribution in [3.8, 4) is 0 Å². The van der Waals surface area contributed by atoms with Crippen molar-refractivity contribution in [2.75, 3.05) is 72.7 Å². The van der Waals surface area contributed by atoms with Gasteiger partial charge in [-0.05, 0) is 161 Å². The number of carbonyl (C=O) groups is 6. The summed E-state index contributed by atoms with van der Waals surface area (Å²) in [6.07, 6.45) is 47.6. The molecule has 0 heterocycles. The third kappa shape index (κ3) is 43.8. The van der Waals surface area contributed by atoms with Crippen LogP contribution < -0.4 is 48.4 Å². The summed E-state index contributed by atoms with van der Waals surface area (Å²) < 4.78 is 13.8. The summed E-state index contributed by atoms with van der Waals surface area (Å²) in [4.78, 5) is 64.3. The predicted octanol–water partition coefficient (Wildman–Crippen LogP) is 11.3. The molecule has 8 aliphatic rings. The first-order chi connectivity index (χ1) is 40.1. The standard InChI is InChI=1S/C12H21BrO2S.C12H20O2S.C11H18O2S.C10H18O2S.C9H16O2S.C8H16.C2H4O2S.Li.Na.H2O.H/c1-15-12(14)11(7-8-13)16-9-10-5-3-2-4-6-10;1-14-11(13)12(7-8-12)15-9-10-5-3-2-4-6-10;12-10(13)11(6-7-11)14-8-9-4-2-1-3-5-9;1-12-10(11)8-13-7-9-5-3-2-4-6-9;10-9(11)7-12-6-8-4-2-1-3-5-8;1-2-8-6-4-3-5-7-8;3-2(4)1-5;;;;/h10-11H,2-9H2,1H3;10H,2-9H2,1H3;9H,1-8H2,(H,12,13);9H,2-8H2,1H3;8H,1-7H2,(H,10,11);8H,2-7H2,1H3;5H,1H2,(H,3,4);;;1H2;/q;;;;;;;2*+1;;-1/p-1. The number of thioether (sulfide) groups is 5. The van der Waals surface area contributed by atoms with E-state index in [9.17, 15) is 28.8 Å². The number of halogens is 1. The first-order valence-electron chi connectivity index (χ1n) is 32.2. The number of hydrogen-bond donors (Lipinski definition) is 4. The number of carboxylic acid groups (broad SMARTS) is 3. The molecule has 1 atom stereocenters. The SMILES string of the molecule is CCC1CCCCC1.COC(=O)C(CCBr)SCC1CCCCC1.COC(=O)C1(SCC2CCCCC2)CC1.COC(=O)CSCC1CCCCC1.O=C(O)C1(SCC2CCCCC2)CC1.O=C(O)CS.O=C(O)CSCC1CCCCC1.[H-].[Li+].[Na+].[OH-]. The van der Waals surface area contributed by atoms with Gasteiger partial charge in [0.1, 0.15) is 14.7 Å². The van der Waals surface area contributed by atoms with Gasteiger partial charge in [-0.15, -0.1) is 58.8 Å². The molecule has 1 unspecified atom stereocenters. The van der Waals surface area contributed by atoms with E-state index in [-0.39, 0.29) is 99.5 Å². The van der Waals surface area contributed by atoms with Crippen molar-refractivity contribution < 1.29 is 114 Å². The van der Waals surface area contributed by atoms with Gasteiger partial charge in [0.15, 0.2) is 0 Å². The van der Waals surface area contributed by atoms with Crippen LogP contribution in [0.5, 0.6) is 0 Å². The molecule has 22 heteroatoms. The van der Waals surface area contributed by atoms with Gasteiger partial charge in [-0.25, -0.2) is 0 Å². The first-order valence-corrected chi connectivity index (χ1v) is 39.3. The first kappa shape index (κ1) is 89.0. The molecule has 494 valence electrons. The van der Waals surface area contributed by atoms with Crippen molar-refractivity contribution in [2.24, 2.45) is 35.5 Å². The number of rotatable bonds is 24. The van der Waals surface area contributed by atoms with Crippen molar-refractivity contribution in [1.29, 1.82) is 0 Å². The molecule has 4 N–H and O–H groups in total. The molecule has 0 aromatic rings. The molecule has 8 rings (SSSR count). The van der Waals surface area contributed by atoms with Crippen molar-refractivity contribution in [1.82, 2.24) is 0 Å². The van der Waals surface area contributed by atoms with Gasteiger partial charge in [-0.3, -0.25) is 28.8 Å². The van der Waals surface area contributed by atoms with Crippen LogP contribution in [0.15, 0.2) is 0 Å². The van der Waals surface area contributed by atoms with Crippen molar-refractivity contribution in [3.05, 3.63) is 0 Å². The summed E-state index contributed by atoms with van der Waals surface area (Å²) in [5, 5.41) is 26.0. The van der Waals surface area contributed by atoms with Gasteiger partial charge in [0.2, 0.25) is 0 Å². The molecule has 8 saturated carbocycles. The Morgan fingerprint density at radius 1 is 0.512 bits per heavy atom. The molecule has 0 aromatic carbocycles. The minimum absolute atomic E-state index is 0. The van der Waals surface area contributed by atoms with Crippen LogP contribution in [0.2, 0.25) is 0 Å².